The number of rotatable bonds is 10. The summed E-state index contributed by atoms with van der Waals surface area (Å²) >= 11 is 1.80. The number of ether oxygens (including phenoxy) is 1. The zero-order valence-electron chi connectivity index (χ0n) is 21.2. The molecule has 7 nitrogen and oxygen atoms in total. The smallest absolute Gasteiger partial charge is 0.206 e. The molecule has 8 heteroatoms. The van der Waals surface area contributed by atoms with Crippen molar-refractivity contribution >= 4 is 23.5 Å². The number of pyridine rings is 1. The topological polar surface area (TPSA) is 86.9 Å². The monoisotopic (exact) mass is 494 g/mol. The molecule has 3 heterocycles. The van der Waals surface area contributed by atoms with E-state index in [1.54, 1.807) is 18.0 Å². The Morgan fingerprint density at radius 1 is 1.17 bits per heavy atom. The van der Waals surface area contributed by atoms with Gasteiger partial charge in [-0.1, -0.05) is 38.6 Å². The van der Waals surface area contributed by atoms with E-state index in [1.807, 2.05) is 57.3 Å². The number of aryl methyl sites for hydroxylation is 1. The summed E-state index contributed by atoms with van der Waals surface area (Å²) in [5.74, 6) is 3.21. The largest absolute Gasteiger partial charge is 0.453 e. The number of benzene rings is 1. The van der Waals surface area contributed by atoms with E-state index in [-0.39, 0.29) is 5.25 Å². The van der Waals surface area contributed by atoms with Gasteiger partial charge in [-0.2, -0.15) is 0 Å². The van der Waals surface area contributed by atoms with Gasteiger partial charge in [0, 0.05) is 35.2 Å². The van der Waals surface area contributed by atoms with E-state index in [9.17, 15) is 0 Å². The summed E-state index contributed by atoms with van der Waals surface area (Å²) in [7, 11) is 0. The molecule has 0 aliphatic carbocycles. The van der Waals surface area contributed by atoms with Crippen LogP contribution in [-0.2, 0) is 0 Å². The number of aromatic nitrogens is 3. The molecule has 188 valence electrons. The third-order valence-corrected chi connectivity index (χ3v) is 6.98. The maximum atomic E-state index is 6.24. The maximum Gasteiger partial charge on any atom is 0.206 e. The Morgan fingerprint density at radius 3 is 2.57 bits per heavy atom. The molecule has 2 aromatic heterocycles. The Hall–Kier alpha value is -2.97. The number of hydrogen-bond donors (Lipinski definition) is 4. The highest BCUT2D eigenvalue weighted by atomic mass is 32.2. The molecule has 1 saturated heterocycles. The normalized spacial score (nSPS) is 14.4. The van der Waals surface area contributed by atoms with Crippen LogP contribution in [0.2, 0.25) is 0 Å². The van der Waals surface area contributed by atoms with Gasteiger partial charge >= 0.3 is 0 Å². The van der Waals surface area contributed by atoms with Crippen molar-refractivity contribution in [1.29, 1.82) is 0 Å². The first kappa shape index (κ1) is 26.6. The highest BCUT2D eigenvalue weighted by molar-refractivity contribution is 8.00. The van der Waals surface area contributed by atoms with E-state index < -0.39 is 0 Å². The van der Waals surface area contributed by atoms with E-state index in [0.717, 1.165) is 54.5 Å². The number of nitrogens with one attached hydrogen (secondary N) is 4. The van der Waals surface area contributed by atoms with Gasteiger partial charge in [0.05, 0.1) is 5.25 Å². The number of imidazole rings is 1. The molecule has 1 atom stereocenters. The zero-order valence-corrected chi connectivity index (χ0v) is 22.0. The van der Waals surface area contributed by atoms with E-state index in [0.29, 0.717) is 23.4 Å². The summed E-state index contributed by atoms with van der Waals surface area (Å²) in [4.78, 5) is 13.3. The Kier molecular flexibility index (Phi) is 10.5. The predicted octanol–water partition coefficient (Wildman–Crippen LogP) is 6.26. The molecule has 4 N–H and O–H groups in total. The lowest BCUT2D eigenvalue weighted by Crippen LogP contribution is -2.36. The second kappa shape index (κ2) is 13.8. The van der Waals surface area contributed by atoms with Crippen LogP contribution in [0.5, 0.6) is 11.5 Å². The summed E-state index contributed by atoms with van der Waals surface area (Å²) in [6, 6.07) is 11.8. The van der Waals surface area contributed by atoms with Crippen LogP contribution in [0.1, 0.15) is 39.3 Å². The van der Waals surface area contributed by atoms with Gasteiger partial charge in [0.2, 0.25) is 5.95 Å². The summed E-state index contributed by atoms with van der Waals surface area (Å²) in [6.07, 6.45) is 5.95. The molecule has 3 aromatic rings. The van der Waals surface area contributed by atoms with Crippen LogP contribution in [0.25, 0.3) is 0 Å². The van der Waals surface area contributed by atoms with Crippen LogP contribution in [-0.4, -0.2) is 39.8 Å². The fourth-order valence-electron chi connectivity index (χ4n) is 3.94. The van der Waals surface area contributed by atoms with Gasteiger partial charge in [-0.3, -0.25) is 0 Å². The van der Waals surface area contributed by atoms with Crippen LogP contribution in [0.4, 0.5) is 11.8 Å². The molecule has 1 aliphatic rings. The SMILES string of the molecule is C=C(NCC)C(Sc1cnc(Nc2ncc(C)[nH]2)c(Oc2ccccc2)c1)C1CCNCC1.CC. The molecule has 0 radical (unpaired) electrons. The Balaban J connectivity index is 0.00000167. The molecule has 1 unspecified atom stereocenters. The number of anilines is 2. The molecule has 0 spiro atoms. The third kappa shape index (κ3) is 7.77. The van der Waals surface area contributed by atoms with E-state index in [2.05, 4.69) is 45.5 Å². The lowest BCUT2D eigenvalue weighted by Gasteiger charge is -2.32. The van der Waals surface area contributed by atoms with Crippen molar-refractivity contribution in [3.63, 3.8) is 0 Å². The van der Waals surface area contributed by atoms with Gasteiger partial charge in [0.15, 0.2) is 11.6 Å². The van der Waals surface area contributed by atoms with E-state index in [4.69, 9.17) is 9.72 Å². The highest BCUT2D eigenvalue weighted by Gasteiger charge is 2.27. The van der Waals surface area contributed by atoms with Crippen molar-refractivity contribution in [1.82, 2.24) is 25.6 Å². The summed E-state index contributed by atoms with van der Waals surface area (Å²) in [6.45, 7) is 15.4. The standard InChI is InChI=1S/C25H32N6OS.C2H6/c1-4-27-18(3)23(19-10-12-26-13-11-19)33-21-14-22(32-20-8-6-5-7-9-20)24(28-16-21)31-25-29-15-17(2)30-25;1-2/h5-9,14-16,19,23,26-27H,3-4,10-13H2,1-2H3,(H2,28,29,30,31);1-2H3. The molecule has 35 heavy (non-hydrogen) atoms. The van der Waals surface area contributed by atoms with Gasteiger partial charge < -0.3 is 25.7 Å². The van der Waals surface area contributed by atoms with Crippen LogP contribution in [0.15, 0.2) is 66.0 Å². The summed E-state index contributed by atoms with van der Waals surface area (Å²) in [5, 5.41) is 10.4. The molecule has 1 fully saturated rings. The fraction of sp³-hybridized carbons (Fsp3) is 0.407. The van der Waals surface area contributed by atoms with Crippen LogP contribution in [0.3, 0.4) is 0 Å². The average Bonchev–Trinajstić information content (AvgIpc) is 3.31. The molecule has 0 saturated carbocycles. The van der Waals surface area contributed by atoms with Crippen molar-refractivity contribution in [2.24, 2.45) is 5.92 Å². The number of thioether (sulfide) groups is 1. The molecule has 0 bridgehead atoms. The first-order valence-electron chi connectivity index (χ1n) is 12.4. The lowest BCUT2D eigenvalue weighted by atomic mass is 9.93. The van der Waals surface area contributed by atoms with Crippen LogP contribution < -0.4 is 20.7 Å². The predicted molar refractivity (Wildman–Crippen MR) is 147 cm³/mol. The second-order valence-electron chi connectivity index (χ2n) is 8.15. The van der Waals surface area contributed by atoms with Gasteiger partial charge in [-0.15, -0.1) is 11.8 Å². The quantitative estimate of drug-likeness (QED) is 0.248. The zero-order chi connectivity index (χ0) is 25.0. The third-order valence-electron chi connectivity index (χ3n) is 5.56. The molecule has 1 aromatic carbocycles. The summed E-state index contributed by atoms with van der Waals surface area (Å²) in [5.41, 5.74) is 2.05. The van der Waals surface area contributed by atoms with Crippen molar-refractivity contribution < 1.29 is 4.74 Å². The number of nitrogens with zero attached hydrogens (tertiary/aromatic N) is 2. The number of H-pyrrole nitrogens is 1. The summed E-state index contributed by atoms with van der Waals surface area (Å²) < 4.78 is 6.24. The van der Waals surface area contributed by atoms with Crippen molar-refractivity contribution in [3.8, 4) is 11.5 Å². The van der Waals surface area contributed by atoms with E-state index >= 15 is 0 Å². The number of aromatic amines is 1. The van der Waals surface area contributed by atoms with Gasteiger partial charge in [-0.05, 0) is 63.9 Å². The minimum atomic E-state index is 0.268. The molecule has 1 aliphatic heterocycles. The van der Waals surface area contributed by atoms with Crippen molar-refractivity contribution in [3.05, 3.63) is 66.8 Å². The van der Waals surface area contributed by atoms with Crippen LogP contribution >= 0.6 is 11.8 Å². The highest BCUT2D eigenvalue weighted by Crippen LogP contribution is 2.39. The second-order valence-corrected chi connectivity index (χ2v) is 9.37. The minimum Gasteiger partial charge on any atom is -0.453 e. The molecule has 4 rings (SSSR count). The molecular formula is C27H38N6OS. The molecular weight excluding hydrogens is 456 g/mol. The minimum absolute atomic E-state index is 0.268. The van der Waals surface area contributed by atoms with Crippen LogP contribution in [0, 0.1) is 12.8 Å². The van der Waals surface area contributed by atoms with Gasteiger partial charge in [-0.25, -0.2) is 9.97 Å². The first-order valence-corrected chi connectivity index (χ1v) is 13.3. The Labute approximate surface area is 213 Å². The Morgan fingerprint density at radius 2 is 1.91 bits per heavy atom. The number of hydrogen-bond acceptors (Lipinski definition) is 7. The van der Waals surface area contributed by atoms with E-state index in [1.165, 1.54) is 0 Å². The lowest BCUT2D eigenvalue weighted by molar-refractivity contribution is 0.374. The molecule has 0 amide bonds. The Bertz CT molecular complexity index is 1050. The maximum absolute atomic E-state index is 6.24. The van der Waals surface area contributed by atoms with Gasteiger partial charge in [0.1, 0.15) is 5.75 Å². The fourth-order valence-corrected chi connectivity index (χ4v) is 5.21. The number of para-hydroxylation sites is 1. The number of piperidine rings is 1. The van der Waals surface area contributed by atoms with Gasteiger partial charge in [0.25, 0.3) is 0 Å². The van der Waals surface area contributed by atoms with Crippen molar-refractivity contribution in [2.75, 3.05) is 25.0 Å². The average molecular weight is 495 g/mol. The first-order chi connectivity index (χ1) is 17.1. The van der Waals surface area contributed by atoms with Crippen molar-refractivity contribution in [2.45, 2.75) is 50.7 Å².